The molecule has 5 heteroatoms. The third-order valence-corrected chi connectivity index (χ3v) is 7.75. The quantitative estimate of drug-likeness (QED) is 0.323. The lowest BCUT2D eigenvalue weighted by Gasteiger charge is -2.42. The Morgan fingerprint density at radius 2 is 1.65 bits per heavy atom. The van der Waals surface area contributed by atoms with Crippen LogP contribution in [0.5, 0.6) is 0 Å². The van der Waals surface area contributed by atoms with Gasteiger partial charge in [-0.2, -0.15) is 13.2 Å². The zero-order valence-electron chi connectivity index (χ0n) is 18.1. The molecule has 0 aromatic heterocycles. The predicted octanol–water partition coefficient (Wildman–Crippen LogP) is 9.02. The summed E-state index contributed by atoms with van der Waals surface area (Å²) in [6.45, 7) is 2.24. The Bertz CT molecular complexity index is 916. The van der Waals surface area contributed by atoms with E-state index in [1.165, 1.54) is 57.4 Å². The van der Waals surface area contributed by atoms with Gasteiger partial charge in [0.25, 0.3) is 0 Å². The van der Waals surface area contributed by atoms with Crippen molar-refractivity contribution in [3.8, 4) is 0 Å². The van der Waals surface area contributed by atoms with Crippen LogP contribution in [0.1, 0.15) is 88.2 Å². The van der Waals surface area contributed by atoms with Crippen molar-refractivity contribution in [1.29, 1.82) is 0 Å². The van der Waals surface area contributed by atoms with Crippen LogP contribution in [0, 0.1) is 29.4 Å². The smallest absolute Gasteiger partial charge is 0.206 e. The summed E-state index contributed by atoms with van der Waals surface area (Å²) in [7, 11) is 0. The Labute approximate surface area is 181 Å². The molecule has 2 aromatic carbocycles. The van der Waals surface area contributed by atoms with Gasteiger partial charge >= 0.3 is 6.18 Å². The third-order valence-electron chi connectivity index (χ3n) is 7.75. The summed E-state index contributed by atoms with van der Waals surface area (Å²) in [5.41, 5.74) is -0.807. The summed E-state index contributed by atoms with van der Waals surface area (Å²) in [5, 5.41) is 0.0426. The van der Waals surface area contributed by atoms with Crippen LogP contribution in [0.3, 0.4) is 0 Å². The highest BCUT2D eigenvalue weighted by Crippen LogP contribution is 2.49. The first-order valence-electron chi connectivity index (χ1n) is 11.8. The molecule has 0 N–H and O–H groups in total. The van der Waals surface area contributed by atoms with Crippen molar-refractivity contribution < 1.29 is 22.0 Å². The van der Waals surface area contributed by atoms with Gasteiger partial charge < -0.3 is 0 Å². The molecular formula is C26H31F5. The van der Waals surface area contributed by atoms with Gasteiger partial charge in [0, 0.05) is 5.39 Å². The van der Waals surface area contributed by atoms with Crippen molar-refractivity contribution in [2.45, 2.75) is 83.2 Å². The maximum Gasteiger partial charge on any atom is 0.422 e. The first kappa shape index (κ1) is 22.5. The molecule has 0 heterocycles. The number of fused-ring (bicyclic) bond motifs is 2. The van der Waals surface area contributed by atoms with E-state index in [1.54, 1.807) is 12.1 Å². The minimum Gasteiger partial charge on any atom is -0.206 e. The minimum atomic E-state index is -5.05. The number of alkyl halides is 3. The first-order chi connectivity index (χ1) is 14.8. The molecule has 0 spiro atoms. The van der Waals surface area contributed by atoms with E-state index < -0.39 is 23.4 Å². The van der Waals surface area contributed by atoms with E-state index in [4.69, 9.17) is 0 Å². The van der Waals surface area contributed by atoms with Crippen LogP contribution >= 0.6 is 0 Å². The molecule has 0 saturated heterocycles. The van der Waals surface area contributed by atoms with Crippen molar-refractivity contribution in [3.05, 3.63) is 47.0 Å². The highest BCUT2D eigenvalue weighted by molar-refractivity contribution is 5.85. The fraction of sp³-hybridized carbons (Fsp3) is 0.615. The summed E-state index contributed by atoms with van der Waals surface area (Å²) in [4.78, 5) is 0. The molecule has 0 amide bonds. The predicted molar refractivity (Wildman–Crippen MR) is 114 cm³/mol. The van der Waals surface area contributed by atoms with Crippen molar-refractivity contribution in [1.82, 2.24) is 0 Å². The van der Waals surface area contributed by atoms with Crippen molar-refractivity contribution >= 4 is 10.8 Å². The average Bonchev–Trinajstić information content (AvgIpc) is 2.72. The van der Waals surface area contributed by atoms with Crippen LogP contribution < -0.4 is 0 Å². The van der Waals surface area contributed by atoms with E-state index >= 15 is 0 Å². The van der Waals surface area contributed by atoms with Crippen molar-refractivity contribution in [2.24, 2.45) is 17.8 Å². The summed E-state index contributed by atoms with van der Waals surface area (Å²) in [5.74, 6) is -0.410. The lowest BCUT2D eigenvalue weighted by Crippen LogP contribution is -2.30. The number of halogens is 5. The molecule has 2 unspecified atom stereocenters. The third kappa shape index (κ3) is 4.75. The lowest BCUT2D eigenvalue weighted by molar-refractivity contribution is -0.142. The van der Waals surface area contributed by atoms with E-state index in [9.17, 15) is 22.0 Å². The average molecular weight is 439 g/mol. The van der Waals surface area contributed by atoms with Gasteiger partial charge in [-0.05, 0) is 72.8 Å². The summed E-state index contributed by atoms with van der Waals surface area (Å²) >= 11 is 0. The molecular weight excluding hydrogens is 407 g/mol. The maximum absolute atomic E-state index is 14.4. The second kappa shape index (κ2) is 9.07. The van der Waals surface area contributed by atoms with E-state index in [1.807, 2.05) is 0 Å². The fourth-order valence-electron chi connectivity index (χ4n) is 6.10. The minimum absolute atomic E-state index is 0.168. The Morgan fingerprint density at radius 1 is 0.903 bits per heavy atom. The van der Waals surface area contributed by atoms with E-state index in [-0.39, 0.29) is 10.8 Å². The Balaban J connectivity index is 1.48. The van der Waals surface area contributed by atoms with Gasteiger partial charge in [-0.1, -0.05) is 57.2 Å². The monoisotopic (exact) mass is 438 g/mol. The molecule has 0 bridgehead atoms. The zero-order valence-corrected chi connectivity index (χ0v) is 18.1. The van der Waals surface area contributed by atoms with E-state index in [0.29, 0.717) is 11.8 Å². The standard InChI is InChI=1S/C26H31F5/c1-2-3-4-5-16-6-7-18-13-19(9-8-17(18)12-16)20-10-11-22-21(14-20)15-23(27)24(25(22)28)26(29,30)31/h10-11,14-19H,2-9,12-13H2,1H3/t16-,17?,18-,19?/m1/s1. The summed E-state index contributed by atoms with van der Waals surface area (Å²) in [6, 6.07) is 5.66. The van der Waals surface area contributed by atoms with Gasteiger partial charge in [0.2, 0.25) is 0 Å². The van der Waals surface area contributed by atoms with Crippen LogP contribution in [-0.2, 0) is 6.18 Å². The van der Waals surface area contributed by atoms with Gasteiger partial charge in [-0.15, -0.1) is 0 Å². The molecule has 170 valence electrons. The second-order valence-corrected chi connectivity index (χ2v) is 9.73. The van der Waals surface area contributed by atoms with Gasteiger partial charge in [-0.25, -0.2) is 8.78 Å². The van der Waals surface area contributed by atoms with Gasteiger partial charge in [0.15, 0.2) is 0 Å². The van der Waals surface area contributed by atoms with Gasteiger partial charge in [0.1, 0.15) is 17.2 Å². The van der Waals surface area contributed by atoms with E-state index in [0.717, 1.165) is 36.3 Å². The molecule has 4 atom stereocenters. The summed E-state index contributed by atoms with van der Waals surface area (Å²) < 4.78 is 67.5. The number of benzene rings is 2. The topological polar surface area (TPSA) is 0 Å². The SMILES string of the molecule is CCCCC[C@@H]1CC[C@@H]2CC(c3ccc4c(F)c(C(F)(F)F)c(F)cc4c3)CCC2C1. The molecule has 0 nitrogen and oxygen atoms in total. The van der Waals surface area contributed by atoms with Crippen LogP contribution in [0.2, 0.25) is 0 Å². The Kier molecular flexibility index (Phi) is 6.60. The molecule has 2 aromatic rings. The molecule has 4 rings (SSSR count). The second-order valence-electron chi connectivity index (χ2n) is 9.73. The van der Waals surface area contributed by atoms with E-state index in [2.05, 4.69) is 6.92 Å². The van der Waals surface area contributed by atoms with Gasteiger partial charge in [0.05, 0.1) is 0 Å². The van der Waals surface area contributed by atoms with Crippen LogP contribution in [0.25, 0.3) is 10.8 Å². The highest BCUT2D eigenvalue weighted by atomic mass is 19.4. The van der Waals surface area contributed by atoms with Crippen molar-refractivity contribution in [3.63, 3.8) is 0 Å². The van der Waals surface area contributed by atoms with Crippen LogP contribution in [0.4, 0.5) is 22.0 Å². The fourth-order valence-corrected chi connectivity index (χ4v) is 6.10. The molecule has 2 fully saturated rings. The Morgan fingerprint density at radius 3 is 2.39 bits per heavy atom. The maximum atomic E-state index is 14.4. The van der Waals surface area contributed by atoms with Crippen LogP contribution in [-0.4, -0.2) is 0 Å². The van der Waals surface area contributed by atoms with Crippen molar-refractivity contribution in [2.75, 3.05) is 0 Å². The molecule has 0 radical (unpaired) electrons. The Hall–Kier alpha value is -1.65. The van der Waals surface area contributed by atoms with Crippen LogP contribution in [0.15, 0.2) is 24.3 Å². The lowest BCUT2D eigenvalue weighted by atomic mass is 9.63. The number of hydrogen-bond donors (Lipinski definition) is 0. The number of unbranched alkanes of at least 4 members (excludes halogenated alkanes) is 2. The highest BCUT2D eigenvalue weighted by Gasteiger charge is 2.39. The van der Waals surface area contributed by atoms with Gasteiger partial charge in [-0.3, -0.25) is 0 Å². The molecule has 2 saturated carbocycles. The first-order valence-corrected chi connectivity index (χ1v) is 11.8. The molecule has 0 aliphatic heterocycles. The molecule has 2 aliphatic carbocycles. The normalized spacial score (nSPS) is 26.8. The molecule has 31 heavy (non-hydrogen) atoms. The summed E-state index contributed by atoms with van der Waals surface area (Å²) in [6.07, 6.45) is 7.39. The number of hydrogen-bond acceptors (Lipinski definition) is 0. The molecule has 2 aliphatic rings. The number of rotatable bonds is 5. The largest absolute Gasteiger partial charge is 0.422 e. The zero-order chi connectivity index (χ0) is 22.2.